The second kappa shape index (κ2) is 7.85. The summed E-state index contributed by atoms with van der Waals surface area (Å²) in [6.07, 6.45) is 3.82. The van der Waals surface area contributed by atoms with Crippen LogP contribution in [0.3, 0.4) is 0 Å². The third-order valence-electron chi connectivity index (χ3n) is 4.57. The molecular formula is C18H27Cl2N. The lowest BCUT2D eigenvalue weighted by molar-refractivity contribution is 0.240. The van der Waals surface area contributed by atoms with E-state index in [1.165, 1.54) is 24.8 Å². The average molecular weight is 328 g/mol. The first-order chi connectivity index (χ1) is 9.97. The van der Waals surface area contributed by atoms with E-state index in [4.69, 9.17) is 23.2 Å². The maximum atomic E-state index is 6.45. The molecule has 1 aliphatic rings. The van der Waals surface area contributed by atoms with Crippen molar-refractivity contribution in [1.29, 1.82) is 0 Å². The molecule has 0 bridgehead atoms. The number of nitrogens with one attached hydrogen (secondary N) is 1. The summed E-state index contributed by atoms with van der Waals surface area (Å²) in [6, 6.07) is 5.89. The largest absolute Gasteiger partial charge is 0.316 e. The Labute approximate surface area is 139 Å². The highest BCUT2D eigenvalue weighted by Gasteiger charge is 2.30. The molecule has 0 aromatic heterocycles. The van der Waals surface area contributed by atoms with Crippen molar-refractivity contribution < 1.29 is 0 Å². The molecule has 0 saturated heterocycles. The third-order valence-corrected chi connectivity index (χ3v) is 5.15. The number of hydrogen-bond donors (Lipinski definition) is 1. The molecule has 0 radical (unpaired) electrons. The van der Waals surface area contributed by atoms with Crippen molar-refractivity contribution in [2.45, 2.75) is 46.0 Å². The molecule has 0 aliphatic heterocycles. The fraction of sp³-hybridized carbons (Fsp3) is 0.667. The SMILES string of the molecule is CC(C)CNCC1CCC(C)CC1c1cc(Cl)ccc1Cl. The van der Waals surface area contributed by atoms with Gasteiger partial charge in [0.2, 0.25) is 0 Å². The maximum absolute atomic E-state index is 6.45. The van der Waals surface area contributed by atoms with E-state index in [-0.39, 0.29) is 0 Å². The summed E-state index contributed by atoms with van der Waals surface area (Å²) in [6.45, 7) is 9.02. The Bertz CT molecular complexity index is 459. The minimum atomic E-state index is 0.527. The van der Waals surface area contributed by atoms with Crippen LogP contribution in [0.2, 0.25) is 10.0 Å². The van der Waals surface area contributed by atoms with Gasteiger partial charge in [0.15, 0.2) is 0 Å². The zero-order chi connectivity index (χ0) is 15.4. The molecule has 2 rings (SSSR count). The van der Waals surface area contributed by atoms with Crippen molar-refractivity contribution in [2.24, 2.45) is 17.8 Å². The van der Waals surface area contributed by atoms with Crippen molar-refractivity contribution >= 4 is 23.2 Å². The van der Waals surface area contributed by atoms with Crippen LogP contribution in [-0.2, 0) is 0 Å². The highest BCUT2D eigenvalue weighted by molar-refractivity contribution is 6.33. The standard InChI is InChI=1S/C18H27Cl2N/c1-12(2)10-21-11-14-5-4-13(3)8-16(14)17-9-15(19)6-7-18(17)20/h6-7,9,12-14,16,21H,4-5,8,10-11H2,1-3H3. The summed E-state index contributed by atoms with van der Waals surface area (Å²) in [5.41, 5.74) is 1.24. The van der Waals surface area contributed by atoms with E-state index in [2.05, 4.69) is 32.2 Å². The van der Waals surface area contributed by atoms with Gasteiger partial charge in [-0.3, -0.25) is 0 Å². The molecule has 1 aromatic carbocycles. The molecular weight excluding hydrogens is 301 g/mol. The summed E-state index contributed by atoms with van der Waals surface area (Å²) >= 11 is 12.6. The Morgan fingerprint density at radius 3 is 2.71 bits per heavy atom. The second-order valence-electron chi connectivity index (χ2n) is 7.00. The third kappa shape index (κ3) is 4.87. The van der Waals surface area contributed by atoms with Crippen LogP contribution in [0.4, 0.5) is 0 Å². The zero-order valence-electron chi connectivity index (χ0n) is 13.3. The van der Waals surface area contributed by atoms with Crippen LogP contribution in [0.15, 0.2) is 18.2 Å². The van der Waals surface area contributed by atoms with Crippen molar-refractivity contribution in [2.75, 3.05) is 13.1 Å². The highest BCUT2D eigenvalue weighted by atomic mass is 35.5. The molecule has 1 N–H and O–H groups in total. The van der Waals surface area contributed by atoms with Crippen molar-refractivity contribution in [1.82, 2.24) is 5.32 Å². The van der Waals surface area contributed by atoms with Gasteiger partial charge in [-0.15, -0.1) is 0 Å². The van der Waals surface area contributed by atoms with Gasteiger partial charge in [-0.2, -0.15) is 0 Å². The predicted octanol–water partition coefficient (Wildman–Crippen LogP) is 5.76. The van der Waals surface area contributed by atoms with Gasteiger partial charge >= 0.3 is 0 Å². The topological polar surface area (TPSA) is 12.0 Å². The Morgan fingerprint density at radius 2 is 2.00 bits per heavy atom. The fourth-order valence-corrected chi connectivity index (χ4v) is 3.86. The Morgan fingerprint density at radius 1 is 1.24 bits per heavy atom. The minimum absolute atomic E-state index is 0.527. The lowest BCUT2D eigenvalue weighted by Gasteiger charge is -2.36. The highest BCUT2D eigenvalue weighted by Crippen LogP contribution is 2.43. The Kier molecular flexibility index (Phi) is 6.40. The van der Waals surface area contributed by atoms with Gasteiger partial charge in [-0.05, 0) is 73.4 Å². The molecule has 0 heterocycles. The van der Waals surface area contributed by atoms with Gasteiger partial charge in [0.25, 0.3) is 0 Å². The molecule has 118 valence electrons. The normalized spacial score (nSPS) is 26.3. The van der Waals surface area contributed by atoms with Gasteiger partial charge in [0, 0.05) is 10.0 Å². The summed E-state index contributed by atoms with van der Waals surface area (Å²) in [5, 5.41) is 5.29. The molecule has 3 unspecified atom stereocenters. The van der Waals surface area contributed by atoms with Crippen molar-refractivity contribution in [3.63, 3.8) is 0 Å². The van der Waals surface area contributed by atoms with E-state index in [0.29, 0.717) is 17.8 Å². The van der Waals surface area contributed by atoms with E-state index in [0.717, 1.165) is 29.1 Å². The first-order valence-electron chi connectivity index (χ1n) is 8.13. The minimum Gasteiger partial charge on any atom is -0.316 e. The summed E-state index contributed by atoms with van der Waals surface area (Å²) < 4.78 is 0. The van der Waals surface area contributed by atoms with Crippen LogP contribution in [-0.4, -0.2) is 13.1 Å². The zero-order valence-corrected chi connectivity index (χ0v) is 14.8. The molecule has 0 amide bonds. The van der Waals surface area contributed by atoms with E-state index < -0.39 is 0 Å². The van der Waals surface area contributed by atoms with Crippen LogP contribution in [0.5, 0.6) is 0 Å². The van der Waals surface area contributed by atoms with Crippen LogP contribution in [0.1, 0.15) is 51.5 Å². The Hall–Kier alpha value is -0.240. The van der Waals surface area contributed by atoms with E-state index in [1.807, 2.05) is 12.1 Å². The molecule has 1 fully saturated rings. The van der Waals surface area contributed by atoms with Crippen molar-refractivity contribution in [3.8, 4) is 0 Å². The van der Waals surface area contributed by atoms with Gasteiger partial charge in [0.05, 0.1) is 0 Å². The quantitative estimate of drug-likeness (QED) is 0.725. The molecule has 1 aromatic rings. The molecule has 1 nitrogen and oxygen atoms in total. The Balaban J connectivity index is 2.12. The predicted molar refractivity (Wildman–Crippen MR) is 93.4 cm³/mol. The molecule has 3 atom stereocenters. The first-order valence-corrected chi connectivity index (χ1v) is 8.88. The monoisotopic (exact) mass is 327 g/mol. The number of hydrogen-bond acceptors (Lipinski definition) is 1. The van der Waals surface area contributed by atoms with Crippen molar-refractivity contribution in [3.05, 3.63) is 33.8 Å². The molecule has 1 aliphatic carbocycles. The van der Waals surface area contributed by atoms with Gasteiger partial charge in [0.1, 0.15) is 0 Å². The summed E-state index contributed by atoms with van der Waals surface area (Å²) in [4.78, 5) is 0. The molecule has 21 heavy (non-hydrogen) atoms. The average Bonchev–Trinajstić information content (AvgIpc) is 2.43. The summed E-state index contributed by atoms with van der Waals surface area (Å²) in [5.74, 6) is 2.66. The maximum Gasteiger partial charge on any atom is 0.0441 e. The number of rotatable bonds is 5. The lowest BCUT2D eigenvalue weighted by atomic mass is 9.71. The van der Waals surface area contributed by atoms with Crippen LogP contribution < -0.4 is 5.32 Å². The number of benzene rings is 1. The molecule has 1 saturated carbocycles. The summed E-state index contributed by atoms with van der Waals surface area (Å²) in [7, 11) is 0. The van der Waals surface area contributed by atoms with Gasteiger partial charge < -0.3 is 5.32 Å². The molecule has 3 heteroatoms. The number of halogens is 2. The van der Waals surface area contributed by atoms with Crippen LogP contribution >= 0.6 is 23.2 Å². The van der Waals surface area contributed by atoms with Gasteiger partial charge in [-0.1, -0.05) is 50.4 Å². The van der Waals surface area contributed by atoms with Crippen LogP contribution in [0.25, 0.3) is 0 Å². The first kappa shape index (κ1) is 17.1. The van der Waals surface area contributed by atoms with E-state index in [1.54, 1.807) is 0 Å². The lowest BCUT2D eigenvalue weighted by Crippen LogP contribution is -2.33. The molecule has 0 spiro atoms. The van der Waals surface area contributed by atoms with E-state index in [9.17, 15) is 0 Å². The fourth-order valence-electron chi connectivity index (χ4n) is 3.42. The van der Waals surface area contributed by atoms with Gasteiger partial charge in [-0.25, -0.2) is 0 Å². The second-order valence-corrected chi connectivity index (χ2v) is 7.85. The van der Waals surface area contributed by atoms with Crippen LogP contribution in [0, 0.1) is 17.8 Å². The smallest absolute Gasteiger partial charge is 0.0441 e. The van der Waals surface area contributed by atoms with E-state index >= 15 is 0 Å².